The molecule has 0 radical (unpaired) electrons. The summed E-state index contributed by atoms with van der Waals surface area (Å²) in [6, 6.07) is 9.34. The number of ether oxygens (including phenoxy) is 1. The number of rotatable bonds is 4. The van der Waals surface area contributed by atoms with Crippen molar-refractivity contribution < 1.29 is 4.74 Å². The monoisotopic (exact) mass is 384 g/mol. The van der Waals surface area contributed by atoms with Crippen LogP contribution in [0, 0.1) is 5.41 Å². The number of likely N-dealkylation sites (tertiary alicyclic amines) is 1. The van der Waals surface area contributed by atoms with E-state index in [0.29, 0.717) is 11.3 Å². The summed E-state index contributed by atoms with van der Waals surface area (Å²) in [4.78, 5) is 9.55. The maximum Gasteiger partial charge on any atom is 0.204 e. The normalized spacial score (nSPS) is 25.7. The van der Waals surface area contributed by atoms with Crippen molar-refractivity contribution in [1.82, 2.24) is 14.3 Å². The van der Waals surface area contributed by atoms with E-state index in [4.69, 9.17) is 4.74 Å². The Morgan fingerprint density at radius 1 is 1.15 bits per heavy atom. The maximum absolute atomic E-state index is 5.59. The van der Waals surface area contributed by atoms with Crippen LogP contribution in [0.3, 0.4) is 0 Å². The Hall–Kier alpha value is -1.66. The van der Waals surface area contributed by atoms with E-state index < -0.39 is 0 Å². The third-order valence-corrected chi connectivity index (χ3v) is 7.70. The second-order valence-electron chi connectivity index (χ2n) is 8.53. The molecule has 1 aromatic heterocycles. The van der Waals surface area contributed by atoms with Crippen LogP contribution in [-0.4, -0.2) is 53.6 Å². The van der Waals surface area contributed by atoms with E-state index in [2.05, 4.69) is 43.4 Å². The predicted octanol–water partition coefficient (Wildman–Crippen LogP) is 3.79. The summed E-state index contributed by atoms with van der Waals surface area (Å²) in [5, 5.41) is 1.10. The lowest BCUT2D eigenvalue weighted by molar-refractivity contribution is 0.131. The van der Waals surface area contributed by atoms with Gasteiger partial charge in [0.15, 0.2) is 0 Å². The Morgan fingerprint density at radius 3 is 2.70 bits per heavy atom. The molecule has 0 amide bonds. The minimum atomic E-state index is 0.538. The third kappa shape index (κ3) is 3.23. The van der Waals surface area contributed by atoms with Crippen molar-refractivity contribution in [2.75, 3.05) is 38.2 Å². The summed E-state index contributed by atoms with van der Waals surface area (Å²) in [6.07, 6.45) is 8.28. The number of nitrogens with zero attached hydrogens (tertiary/aromatic N) is 4. The lowest BCUT2D eigenvalue weighted by atomic mass is 9.78. The minimum absolute atomic E-state index is 0.538. The minimum Gasteiger partial charge on any atom is -0.496 e. The number of anilines is 1. The standard InChI is InChI=1S/C21H28N4OS/c1-26-19-5-3-2-4-18(19)16-7-10-24(11-8-16)17-6-9-21(12-17)13-25(14-21)20-22-15-23-27-20/h2-5,15-17H,6-14H2,1H3/t17-/m0/s1. The Bertz CT molecular complexity index is 766. The first-order valence-corrected chi connectivity index (χ1v) is 10.9. The molecule has 3 aliphatic rings. The molecule has 0 bridgehead atoms. The van der Waals surface area contributed by atoms with Gasteiger partial charge in [-0.3, -0.25) is 0 Å². The predicted molar refractivity (Wildman–Crippen MR) is 109 cm³/mol. The van der Waals surface area contributed by atoms with Gasteiger partial charge in [0.2, 0.25) is 5.13 Å². The molecule has 1 saturated carbocycles. The smallest absolute Gasteiger partial charge is 0.204 e. The first kappa shape index (κ1) is 17.4. The summed E-state index contributed by atoms with van der Waals surface area (Å²) in [6.45, 7) is 4.81. The zero-order valence-corrected chi connectivity index (χ0v) is 16.8. The van der Waals surface area contributed by atoms with E-state index >= 15 is 0 Å². The van der Waals surface area contributed by atoms with E-state index in [-0.39, 0.29) is 0 Å². The number of hydrogen-bond acceptors (Lipinski definition) is 6. The van der Waals surface area contributed by atoms with Gasteiger partial charge in [-0.1, -0.05) is 18.2 Å². The van der Waals surface area contributed by atoms with Crippen LogP contribution in [0.4, 0.5) is 5.13 Å². The summed E-state index contributed by atoms with van der Waals surface area (Å²) < 4.78 is 9.73. The van der Waals surface area contributed by atoms with Gasteiger partial charge in [-0.25, -0.2) is 4.98 Å². The highest BCUT2D eigenvalue weighted by molar-refractivity contribution is 7.09. The Labute approximate surface area is 165 Å². The van der Waals surface area contributed by atoms with Crippen LogP contribution in [0.1, 0.15) is 43.6 Å². The van der Waals surface area contributed by atoms with Gasteiger partial charge in [0.1, 0.15) is 12.1 Å². The van der Waals surface area contributed by atoms with E-state index in [1.807, 2.05) is 0 Å². The Morgan fingerprint density at radius 2 is 1.96 bits per heavy atom. The summed E-state index contributed by atoms with van der Waals surface area (Å²) in [7, 11) is 1.79. The molecule has 6 heteroatoms. The quantitative estimate of drug-likeness (QED) is 0.802. The molecule has 1 aromatic carbocycles. The number of benzene rings is 1. The Balaban J connectivity index is 1.16. The molecule has 3 fully saturated rings. The SMILES string of the molecule is COc1ccccc1C1CCN([C@H]2CCC3(C2)CN(c2ncns2)C3)CC1. The number of para-hydroxylation sites is 1. The van der Waals surface area contributed by atoms with Crippen molar-refractivity contribution in [3.05, 3.63) is 36.2 Å². The van der Waals surface area contributed by atoms with Crippen molar-refractivity contribution in [2.45, 2.75) is 44.1 Å². The molecule has 144 valence electrons. The molecule has 1 spiro atoms. The van der Waals surface area contributed by atoms with Crippen molar-refractivity contribution >= 4 is 16.7 Å². The van der Waals surface area contributed by atoms with Gasteiger partial charge in [0, 0.05) is 36.1 Å². The zero-order valence-electron chi connectivity index (χ0n) is 16.0. The average Bonchev–Trinajstić information content (AvgIpc) is 3.37. The van der Waals surface area contributed by atoms with Crippen LogP contribution in [0.15, 0.2) is 30.6 Å². The first-order chi connectivity index (χ1) is 13.3. The van der Waals surface area contributed by atoms with E-state index in [9.17, 15) is 0 Å². The van der Waals surface area contributed by atoms with Crippen LogP contribution in [0.25, 0.3) is 0 Å². The summed E-state index contributed by atoms with van der Waals surface area (Å²) >= 11 is 1.52. The van der Waals surface area contributed by atoms with Gasteiger partial charge in [0.05, 0.1) is 7.11 Å². The van der Waals surface area contributed by atoms with Crippen LogP contribution in [0.2, 0.25) is 0 Å². The van der Waals surface area contributed by atoms with Crippen LogP contribution in [0.5, 0.6) is 5.75 Å². The fourth-order valence-corrected chi connectivity index (χ4v) is 6.09. The van der Waals surface area contributed by atoms with Gasteiger partial charge >= 0.3 is 0 Å². The largest absolute Gasteiger partial charge is 0.496 e. The third-order valence-electron chi connectivity index (χ3n) is 6.97. The average molecular weight is 385 g/mol. The summed E-state index contributed by atoms with van der Waals surface area (Å²) in [5.41, 5.74) is 1.93. The van der Waals surface area contributed by atoms with Gasteiger partial charge in [-0.05, 0) is 62.7 Å². The second kappa shape index (κ2) is 7.06. The van der Waals surface area contributed by atoms with Gasteiger partial charge in [0.25, 0.3) is 0 Å². The maximum atomic E-state index is 5.59. The first-order valence-electron chi connectivity index (χ1n) is 10.1. The molecule has 27 heavy (non-hydrogen) atoms. The highest BCUT2D eigenvalue weighted by Gasteiger charge is 2.50. The zero-order chi connectivity index (χ0) is 18.3. The number of hydrogen-bond donors (Lipinski definition) is 0. The highest BCUT2D eigenvalue weighted by Crippen LogP contribution is 2.49. The molecule has 0 unspecified atom stereocenters. The molecule has 5 nitrogen and oxygen atoms in total. The number of methoxy groups -OCH3 is 1. The molecule has 0 N–H and O–H groups in total. The van der Waals surface area contributed by atoms with Crippen molar-refractivity contribution in [3.63, 3.8) is 0 Å². The molecule has 1 aliphatic carbocycles. The lowest BCUT2D eigenvalue weighted by Crippen LogP contribution is -2.56. The van der Waals surface area contributed by atoms with Gasteiger partial charge in [-0.15, -0.1) is 0 Å². The molecule has 1 atom stereocenters. The molecule has 5 rings (SSSR count). The molecule has 2 saturated heterocycles. The molecule has 3 heterocycles. The second-order valence-corrected chi connectivity index (χ2v) is 9.29. The Kier molecular flexibility index (Phi) is 4.56. The van der Waals surface area contributed by atoms with Gasteiger partial charge < -0.3 is 14.5 Å². The molecule has 2 aliphatic heterocycles. The number of aromatic nitrogens is 2. The van der Waals surface area contributed by atoms with Crippen LogP contribution < -0.4 is 9.64 Å². The molecular formula is C21H28N4OS. The van der Waals surface area contributed by atoms with E-state index in [1.54, 1.807) is 13.4 Å². The van der Waals surface area contributed by atoms with Crippen molar-refractivity contribution in [1.29, 1.82) is 0 Å². The van der Waals surface area contributed by atoms with Gasteiger partial charge in [-0.2, -0.15) is 4.37 Å². The fourth-order valence-electron chi connectivity index (χ4n) is 5.56. The summed E-state index contributed by atoms with van der Waals surface area (Å²) in [5.74, 6) is 1.70. The van der Waals surface area contributed by atoms with Crippen molar-refractivity contribution in [2.24, 2.45) is 5.41 Å². The lowest BCUT2D eigenvalue weighted by Gasteiger charge is -2.48. The molecular weight excluding hydrogens is 356 g/mol. The van der Waals surface area contributed by atoms with E-state index in [0.717, 1.165) is 16.9 Å². The molecule has 2 aromatic rings. The van der Waals surface area contributed by atoms with Crippen LogP contribution >= 0.6 is 11.5 Å². The van der Waals surface area contributed by atoms with Crippen molar-refractivity contribution in [3.8, 4) is 5.75 Å². The van der Waals surface area contributed by atoms with Crippen LogP contribution in [-0.2, 0) is 0 Å². The fraction of sp³-hybridized carbons (Fsp3) is 0.619. The number of piperidine rings is 1. The van der Waals surface area contributed by atoms with E-state index in [1.165, 1.54) is 75.4 Å². The highest BCUT2D eigenvalue weighted by atomic mass is 32.1. The topological polar surface area (TPSA) is 41.5 Å².